The Labute approximate surface area is 268 Å². The molecule has 4 aromatic carbocycles. The number of hydrogen-bond acceptors (Lipinski definition) is 6. The Kier molecular flexibility index (Phi) is 9.54. The van der Waals surface area contributed by atoms with Crippen molar-refractivity contribution in [3.63, 3.8) is 0 Å². The van der Waals surface area contributed by atoms with Crippen molar-refractivity contribution >= 4 is 35.1 Å². The van der Waals surface area contributed by atoms with E-state index in [0.29, 0.717) is 28.9 Å². The SMILES string of the molecule is CC(CC(=O)OC(=O)C(F)(F)F)N1C(=O)c2cc(C#Cc3cccc(CN)c3)ccc2N(c2ccccc2)C(=O)C1c1ccccc1. The minimum absolute atomic E-state index is 0.0646. The summed E-state index contributed by atoms with van der Waals surface area (Å²) >= 11 is 0. The number of carbonyl (C=O) groups is 4. The Hall–Kier alpha value is -5.73. The third-order valence-corrected chi connectivity index (χ3v) is 7.45. The summed E-state index contributed by atoms with van der Waals surface area (Å²) in [7, 11) is 0. The molecule has 11 heteroatoms. The number of hydrogen-bond donors (Lipinski definition) is 1. The monoisotopic (exact) mass is 639 g/mol. The molecule has 5 rings (SSSR count). The van der Waals surface area contributed by atoms with Gasteiger partial charge in [0.1, 0.15) is 6.04 Å². The maximum Gasteiger partial charge on any atom is 0.491 e. The number of rotatable bonds is 6. The third-order valence-electron chi connectivity index (χ3n) is 7.45. The quantitative estimate of drug-likeness (QED) is 0.162. The van der Waals surface area contributed by atoms with E-state index in [9.17, 15) is 32.3 Å². The fourth-order valence-electron chi connectivity index (χ4n) is 5.30. The molecule has 47 heavy (non-hydrogen) atoms. The summed E-state index contributed by atoms with van der Waals surface area (Å²) in [6, 6.07) is 26.6. The van der Waals surface area contributed by atoms with E-state index < -0.39 is 48.4 Å². The van der Waals surface area contributed by atoms with Gasteiger partial charge in [-0.05, 0) is 60.5 Å². The van der Waals surface area contributed by atoms with E-state index in [2.05, 4.69) is 16.6 Å². The number of fused-ring (bicyclic) bond motifs is 1. The smallest absolute Gasteiger partial charge is 0.386 e. The molecule has 0 saturated carbocycles. The van der Waals surface area contributed by atoms with Gasteiger partial charge in [0.25, 0.3) is 11.8 Å². The zero-order valence-electron chi connectivity index (χ0n) is 25.0. The molecule has 4 aromatic rings. The lowest BCUT2D eigenvalue weighted by atomic mass is 10.0. The van der Waals surface area contributed by atoms with Gasteiger partial charge in [0.15, 0.2) is 0 Å². The van der Waals surface area contributed by atoms with Crippen LogP contribution in [0.25, 0.3) is 0 Å². The summed E-state index contributed by atoms with van der Waals surface area (Å²) in [6.45, 7) is 1.73. The lowest BCUT2D eigenvalue weighted by molar-refractivity contribution is -0.202. The molecule has 2 atom stereocenters. The molecule has 1 heterocycles. The number of nitrogens with zero attached hydrogens (tertiary/aromatic N) is 2. The first-order valence-electron chi connectivity index (χ1n) is 14.5. The number of benzene rings is 4. The molecule has 1 aliphatic heterocycles. The molecule has 0 fully saturated rings. The average molecular weight is 640 g/mol. The van der Waals surface area contributed by atoms with Gasteiger partial charge in [0, 0.05) is 29.4 Å². The highest BCUT2D eigenvalue weighted by Crippen LogP contribution is 2.40. The van der Waals surface area contributed by atoms with Crippen LogP contribution in [0.15, 0.2) is 103 Å². The van der Waals surface area contributed by atoms with Crippen molar-refractivity contribution in [3.05, 3.63) is 131 Å². The van der Waals surface area contributed by atoms with Crippen molar-refractivity contribution in [2.45, 2.75) is 38.1 Å². The molecule has 0 aliphatic carbocycles. The Balaban J connectivity index is 1.64. The van der Waals surface area contributed by atoms with Gasteiger partial charge < -0.3 is 15.4 Å². The first kappa shape index (κ1) is 32.7. The van der Waals surface area contributed by atoms with Crippen LogP contribution in [0.3, 0.4) is 0 Å². The number of alkyl halides is 3. The largest absolute Gasteiger partial charge is 0.491 e. The second-order valence-electron chi connectivity index (χ2n) is 10.7. The molecule has 0 spiro atoms. The maximum absolute atomic E-state index is 14.6. The van der Waals surface area contributed by atoms with Crippen LogP contribution in [0.2, 0.25) is 0 Å². The zero-order valence-corrected chi connectivity index (χ0v) is 25.0. The van der Waals surface area contributed by atoms with Crippen LogP contribution >= 0.6 is 0 Å². The molecule has 1 aliphatic rings. The van der Waals surface area contributed by atoms with Crippen LogP contribution in [0.5, 0.6) is 0 Å². The van der Waals surface area contributed by atoms with Gasteiger partial charge in [-0.25, -0.2) is 4.79 Å². The predicted molar refractivity (Wildman–Crippen MR) is 167 cm³/mol. The maximum atomic E-state index is 14.6. The third kappa shape index (κ3) is 7.24. The fourth-order valence-corrected chi connectivity index (χ4v) is 5.30. The van der Waals surface area contributed by atoms with E-state index in [4.69, 9.17) is 5.73 Å². The molecule has 2 N–H and O–H groups in total. The van der Waals surface area contributed by atoms with Crippen LogP contribution in [-0.2, 0) is 25.7 Å². The van der Waals surface area contributed by atoms with Gasteiger partial charge in [-0.1, -0.05) is 72.5 Å². The molecule has 0 radical (unpaired) electrons. The zero-order chi connectivity index (χ0) is 33.7. The standard InChI is InChI=1S/C36H28F3N3O5/c1-23(19-31(43)47-35(46)36(37,38)39)41-32(27-11-4-2-5-12-27)34(45)42(28-13-6-3-7-14-28)30-18-17-25(21-29(30)33(41)44)16-15-24-9-8-10-26(20-24)22-40/h2-14,17-18,20-21,23,32H,19,22,40H2,1H3. The molecule has 238 valence electrons. The Bertz CT molecular complexity index is 1880. The summed E-state index contributed by atoms with van der Waals surface area (Å²) in [5.74, 6) is 0.677. The highest BCUT2D eigenvalue weighted by molar-refractivity contribution is 6.14. The lowest BCUT2D eigenvalue weighted by Crippen LogP contribution is -2.46. The number of carbonyl (C=O) groups excluding carboxylic acids is 4. The van der Waals surface area contributed by atoms with Crippen molar-refractivity contribution in [2.75, 3.05) is 4.90 Å². The second-order valence-corrected chi connectivity index (χ2v) is 10.7. The van der Waals surface area contributed by atoms with E-state index in [1.54, 1.807) is 72.8 Å². The molecule has 8 nitrogen and oxygen atoms in total. The van der Waals surface area contributed by atoms with Crippen molar-refractivity contribution < 1.29 is 37.1 Å². The van der Waals surface area contributed by atoms with Gasteiger partial charge >= 0.3 is 18.1 Å². The number of para-hydroxylation sites is 1. The molecule has 0 bridgehead atoms. The Morgan fingerprint density at radius 3 is 2.15 bits per heavy atom. The van der Waals surface area contributed by atoms with Crippen molar-refractivity contribution in [1.82, 2.24) is 4.90 Å². The number of esters is 2. The van der Waals surface area contributed by atoms with Crippen LogP contribution in [0.4, 0.5) is 24.5 Å². The molecular weight excluding hydrogens is 611 g/mol. The number of anilines is 2. The lowest BCUT2D eigenvalue weighted by Gasteiger charge is -2.35. The van der Waals surface area contributed by atoms with E-state index in [1.807, 2.05) is 24.3 Å². The number of nitrogens with two attached hydrogens (primary N) is 1. The first-order valence-corrected chi connectivity index (χ1v) is 14.5. The molecular formula is C36H28F3N3O5. The van der Waals surface area contributed by atoms with Gasteiger partial charge in [0.05, 0.1) is 17.7 Å². The van der Waals surface area contributed by atoms with Gasteiger partial charge in [-0.2, -0.15) is 13.2 Å². The van der Waals surface area contributed by atoms with Gasteiger partial charge in [-0.15, -0.1) is 0 Å². The van der Waals surface area contributed by atoms with Gasteiger partial charge in [0.2, 0.25) is 0 Å². The molecule has 2 amide bonds. The van der Waals surface area contributed by atoms with Crippen LogP contribution in [0.1, 0.15) is 52.0 Å². The minimum atomic E-state index is -5.39. The highest BCUT2D eigenvalue weighted by Gasteiger charge is 2.45. The van der Waals surface area contributed by atoms with Crippen molar-refractivity contribution in [1.29, 1.82) is 0 Å². The van der Waals surface area contributed by atoms with Crippen molar-refractivity contribution in [3.8, 4) is 11.8 Å². The van der Waals surface area contributed by atoms with Crippen molar-refractivity contribution in [2.24, 2.45) is 5.73 Å². The average Bonchev–Trinajstić information content (AvgIpc) is 3.15. The predicted octanol–water partition coefficient (Wildman–Crippen LogP) is 5.82. The topological polar surface area (TPSA) is 110 Å². The van der Waals surface area contributed by atoms with E-state index >= 15 is 0 Å². The van der Waals surface area contributed by atoms with Crippen LogP contribution < -0.4 is 10.6 Å². The van der Waals surface area contributed by atoms with E-state index in [-0.39, 0.29) is 11.3 Å². The minimum Gasteiger partial charge on any atom is -0.386 e. The van der Waals surface area contributed by atoms with Crippen LogP contribution in [0, 0.1) is 11.8 Å². The first-order chi connectivity index (χ1) is 22.5. The summed E-state index contributed by atoms with van der Waals surface area (Å²) in [5, 5.41) is 0. The number of amides is 2. The summed E-state index contributed by atoms with van der Waals surface area (Å²) in [4.78, 5) is 55.6. The summed E-state index contributed by atoms with van der Waals surface area (Å²) < 4.78 is 42.4. The van der Waals surface area contributed by atoms with E-state index in [0.717, 1.165) is 10.5 Å². The normalized spacial score (nSPS) is 15.2. The van der Waals surface area contributed by atoms with E-state index in [1.165, 1.54) is 17.9 Å². The molecule has 2 unspecified atom stereocenters. The number of ether oxygens (including phenoxy) is 1. The highest BCUT2D eigenvalue weighted by atomic mass is 19.4. The summed E-state index contributed by atoms with van der Waals surface area (Å²) in [6.07, 6.45) is -6.19. The van der Waals surface area contributed by atoms with Gasteiger partial charge in [-0.3, -0.25) is 19.3 Å². The Morgan fingerprint density at radius 2 is 1.51 bits per heavy atom. The second kappa shape index (κ2) is 13.7. The molecule has 0 saturated heterocycles. The number of halogens is 3. The van der Waals surface area contributed by atoms with Crippen LogP contribution in [-0.4, -0.2) is 40.9 Å². The summed E-state index contributed by atoms with van der Waals surface area (Å²) in [5.41, 5.74) is 8.93. The Morgan fingerprint density at radius 1 is 0.872 bits per heavy atom. The fraction of sp³-hybridized carbons (Fsp3) is 0.167. The molecule has 0 aromatic heterocycles.